The number of benzene rings is 1. The van der Waals surface area contributed by atoms with Crippen LogP contribution in [0.4, 0.5) is 0 Å². The largest absolute Gasteiger partial charge is 0.467 e. The standard InChI is InChI=1S/C19H25NO3/c1-19(2,12-6-10-15-8-4-3-5-9-15)18(22)20-16(14-21)17-11-7-13-23-17/h3-5,7-9,11,13,16,21H,6,10,12,14H2,1-2H3,(H,20,22). The molecule has 124 valence electrons. The first-order valence-electron chi connectivity index (χ1n) is 8.02. The zero-order chi connectivity index (χ0) is 16.7. The summed E-state index contributed by atoms with van der Waals surface area (Å²) in [4.78, 5) is 12.5. The first-order chi connectivity index (χ1) is 11.0. The summed E-state index contributed by atoms with van der Waals surface area (Å²) in [6, 6.07) is 13.3. The fourth-order valence-electron chi connectivity index (χ4n) is 2.54. The number of carbonyl (C=O) groups excluding carboxylic acids is 1. The highest BCUT2D eigenvalue weighted by Gasteiger charge is 2.29. The van der Waals surface area contributed by atoms with Crippen molar-refractivity contribution in [2.45, 2.75) is 39.2 Å². The van der Waals surface area contributed by atoms with Crippen LogP contribution < -0.4 is 5.32 Å². The Hall–Kier alpha value is -2.07. The Morgan fingerprint density at radius 3 is 2.57 bits per heavy atom. The Labute approximate surface area is 137 Å². The second-order valence-corrected chi connectivity index (χ2v) is 6.45. The minimum Gasteiger partial charge on any atom is -0.467 e. The molecule has 0 radical (unpaired) electrons. The normalized spacial score (nSPS) is 12.8. The number of aliphatic hydroxyl groups excluding tert-OH is 1. The molecule has 1 heterocycles. The molecule has 0 fully saturated rings. The molecule has 0 bridgehead atoms. The minimum atomic E-state index is -0.495. The molecule has 4 heteroatoms. The summed E-state index contributed by atoms with van der Waals surface area (Å²) < 4.78 is 5.26. The molecule has 0 aliphatic carbocycles. The Morgan fingerprint density at radius 1 is 1.22 bits per heavy atom. The van der Waals surface area contributed by atoms with Gasteiger partial charge < -0.3 is 14.8 Å². The molecular formula is C19H25NO3. The van der Waals surface area contributed by atoms with E-state index in [0.717, 1.165) is 19.3 Å². The van der Waals surface area contributed by atoms with Gasteiger partial charge >= 0.3 is 0 Å². The second kappa shape index (κ2) is 7.97. The molecule has 1 atom stereocenters. The number of hydrogen-bond donors (Lipinski definition) is 2. The van der Waals surface area contributed by atoms with E-state index in [0.29, 0.717) is 5.76 Å². The van der Waals surface area contributed by atoms with Gasteiger partial charge in [0.25, 0.3) is 0 Å². The third-order valence-corrected chi connectivity index (χ3v) is 4.10. The number of rotatable bonds is 8. The molecule has 0 aliphatic heterocycles. The minimum absolute atomic E-state index is 0.0685. The maximum Gasteiger partial charge on any atom is 0.226 e. The monoisotopic (exact) mass is 315 g/mol. The number of amides is 1. The molecule has 1 amide bonds. The van der Waals surface area contributed by atoms with Gasteiger partial charge in [-0.3, -0.25) is 4.79 Å². The molecule has 2 rings (SSSR count). The van der Waals surface area contributed by atoms with Gasteiger partial charge in [0.1, 0.15) is 11.8 Å². The topological polar surface area (TPSA) is 62.5 Å². The van der Waals surface area contributed by atoms with Crippen LogP contribution in [-0.4, -0.2) is 17.6 Å². The lowest BCUT2D eigenvalue weighted by molar-refractivity contribution is -0.131. The van der Waals surface area contributed by atoms with E-state index in [4.69, 9.17) is 4.42 Å². The van der Waals surface area contributed by atoms with Crippen LogP contribution in [0.25, 0.3) is 0 Å². The van der Waals surface area contributed by atoms with Crippen molar-refractivity contribution < 1.29 is 14.3 Å². The second-order valence-electron chi connectivity index (χ2n) is 6.45. The number of hydrogen-bond acceptors (Lipinski definition) is 3. The zero-order valence-corrected chi connectivity index (χ0v) is 13.8. The van der Waals surface area contributed by atoms with Crippen molar-refractivity contribution >= 4 is 5.91 Å². The molecule has 0 saturated heterocycles. The molecule has 2 aromatic rings. The Kier molecular flexibility index (Phi) is 5.99. The molecular weight excluding hydrogens is 290 g/mol. The average Bonchev–Trinajstić information content (AvgIpc) is 3.07. The lowest BCUT2D eigenvalue weighted by atomic mass is 9.85. The van der Waals surface area contributed by atoms with Crippen LogP contribution in [0.2, 0.25) is 0 Å². The van der Waals surface area contributed by atoms with E-state index in [9.17, 15) is 9.90 Å². The third-order valence-electron chi connectivity index (χ3n) is 4.10. The molecule has 1 aromatic carbocycles. The Bertz CT molecular complexity index is 590. The van der Waals surface area contributed by atoms with Gasteiger partial charge in [0, 0.05) is 5.41 Å². The molecule has 4 nitrogen and oxygen atoms in total. The highest BCUT2D eigenvalue weighted by molar-refractivity contribution is 5.82. The first-order valence-corrected chi connectivity index (χ1v) is 8.02. The first kappa shape index (κ1) is 17.3. The van der Waals surface area contributed by atoms with Gasteiger partial charge in [-0.25, -0.2) is 0 Å². The van der Waals surface area contributed by atoms with Crippen LogP contribution in [0.15, 0.2) is 53.1 Å². The lowest BCUT2D eigenvalue weighted by Gasteiger charge is -2.26. The third kappa shape index (κ3) is 4.96. The molecule has 23 heavy (non-hydrogen) atoms. The van der Waals surface area contributed by atoms with Crippen molar-refractivity contribution in [3.63, 3.8) is 0 Å². The van der Waals surface area contributed by atoms with E-state index in [1.54, 1.807) is 12.1 Å². The van der Waals surface area contributed by atoms with E-state index in [2.05, 4.69) is 17.4 Å². The van der Waals surface area contributed by atoms with Crippen LogP contribution in [0.1, 0.15) is 44.1 Å². The van der Waals surface area contributed by atoms with Crippen molar-refractivity contribution in [3.05, 3.63) is 60.1 Å². The number of aryl methyl sites for hydroxylation is 1. The fourth-order valence-corrected chi connectivity index (χ4v) is 2.54. The maximum absolute atomic E-state index is 12.5. The molecule has 1 aromatic heterocycles. The van der Waals surface area contributed by atoms with E-state index in [-0.39, 0.29) is 12.5 Å². The van der Waals surface area contributed by atoms with Gasteiger partial charge in [-0.2, -0.15) is 0 Å². The summed E-state index contributed by atoms with van der Waals surface area (Å²) in [7, 11) is 0. The van der Waals surface area contributed by atoms with Crippen LogP contribution >= 0.6 is 0 Å². The van der Waals surface area contributed by atoms with Gasteiger partial charge in [0.05, 0.1) is 12.9 Å². The van der Waals surface area contributed by atoms with Crippen molar-refractivity contribution in [1.82, 2.24) is 5.32 Å². The van der Waals surface area contributed by atoms with E-state index in [1.165, 1.54) is 11.8 Å². The average molecular weight is 315 g/mol. The molecule has 1 unspecified atom stereocenters. The smallest absolute Gasteiger partial charge is 0.226 e. The summed E-state index contributed by atoms with van der Waals surface area (Å²) in [6.45, 7) is 3.69. The maximum atomic E-state index is 12.5. The number of nitrogens with one attached hydrogen (secondary N) is 1. The molecule has 0 saturated carbocycles. The van der Waals surface area contributed by atoms with E-state index >= 15 is 0 Å². The summed E-state index contributed by atoms with van der Waals surface area (Å²) in [6.07, 6.45) is 4.22. The molecule has 0 spiro atoms. The van der Waals surface area contributed by atoms with Gasteiger partial charge in [0.2, 0.25) is 5.91 Å². The lowest BCUT2D eigenvalue weighted by Crippen LogP contribution is -2.40. The number of aliphatic hydroxyl groups is 1. The SMILES string of the molecule is CC(C)(CCCc1ccccc1)C(=O)NC(CO)c1ccco1. The molecule has 0 aliphatic rings. The Morgan fingerprint density at radius 2 is 1.96 bits per heavy atom. The van der Waals surface area contributed by atoms with Crippen LogP contribution in [-0.2, 0) is 11.2 Å². The summed E-state index contributed by atoms with van der Waals surface area (Å²) in [5, 5.41) is 12.3. The van der Waals surface area contributed by atoms with E-state index in [1.807, 2.05) is 32.0 Å². The summed E-state index contributed by atoms with van der Waals surface area (Å²) in [5.41, 5.74) is 0.793. The fraction of sp³-hybridized carbons (Fsp3) is 0.421. The Balaban J connectivity index is 1.86. The van der Waals surface area contributed by atoms with Crippen LogP contribution in [0.5, 0.6) is 0 Å². The van der Waals surface area contributed by atoms with E-state index < -0.39 is 11.5 Å². The van der Waals surface area contributed by atoms with Crippen molar-refractivity contribution in [3.8, 4) is 0 Å². The van der Waals surface area contributed by atoms with Gasteiger partial charge in [0.15, 0.2) is 0 Å². The summed E-state index contributed by atoms with van der Waals surface area (Å²) >= 11 is 0. The van der Waals surface area contributed by atoms with Crippen molar-refractivity contribution in [1.29, 1.82) is 0 Å². The molecule has 2 N–H and O–H groups in total. The highest BCUT2D eigenvalue weighted by atomic mass is 16.3. The predicted octanol–water partition coefficient (Wildman–Crippen LogP) is 3.48. The predicted molar refractivity (Wildman–Crippen MR) is 89.8 cm³/mol. The summed E-state index contributed by atoms with van der Waals surface area (Å²) in [5.74, 6) is 0.502. The quantitative estimate of drug-likeness (QED) is 0.784. The number of carbonyl (C=O) groups is 1. The van der Waals surface area contributed by atoms with Gasteiger partial charge in [-0.1, -0.05) is 44.2 Å². The van der Waals surface area contributed by atoms with Gasteiger partial charge in [-0.15, -0.1) is 0 Å². The van der Waals surface area contributed by atoms with Crippen molar-refractivity contribution in [2.75, 3.05) is 6.61 Å². The number of furan rings is 1. The zero-order valence-electron chi connectivity index (χ0n) is 13.8. The van der Waals surface area contributed by atoms with Crippen molar-refractivity contribution in [2.24, 2.45) is 5.41 Å². The van der Waals surface area contributed by atoms with Gasteiger partial charge in [-0.05, 0) is 37.0 Å². The highest BCUT2D eigenvalue weighted by Crippen LogP contribution is 2.25. The van der Waals surface area contributed by atoms with Crippen LogP contribution in [0.3, 0.4) is 0 Å². The van der Waals surface area contributed by atoms with Crippen LogP contribution in [0, 0.1) is 5.41 Å².